The SMILES string of the molecule is O=[PH](Cl)OP(=O)(O)O. The molecule has 1 atom stereocenters. The van der Waals surface area contributed by atoms with E-state index in [9.17, 15) is 9.13 Å². The van der Waals surface area contributed by atoms with Crippen LogP contribution >= 0.6 is 26.4 Å². The molecule has 0 bridgehead atoms. The Morgan fingerprint density at radius 3 is 2.00 bits per heavy atom. The summed E-state index contributed by atoms with van der Waals surface area (Å²) in [5.74, 6) is 0. The molecule has 50 valence electrons. The van der Waals surface area contributed by atoms with Crippen LogP contribution in [0.5, 0.6) is 0 Å². The van der Waals surface area contributed by atoms with Crippen LogP contribution in [0.3, 0.4) is 0 Å². The summed E-state index contributed by atoms with van der Waals surface area (Å²) in [5, 5.41) is 0. The van der Waals surface area contributed by atoms with Crippen LogP contribution in [0, 0.1) is 0 Å². The molecule has 5 nitrogen and oxygen atoms in total. The highest BCUT2D eigenvalue weighted by molar-refractivity contribution is 7.74. The fourth-order valence-corrected chi connectivity index (χ4v) is 1.65. The van der Waals surface area contributed by atoms with Crippen molar-refractivity contribution in [1.82, 2.24) is 0 Å². The van der Waals surface area contributed by atoms with Crippen LogP contribution in [0.1, 0.15) is 0 Å². The van der Waals surface area contributed by atoms with Gasteiger partial charge in [-0.2, -0.15) is 0 Å². The average molecular weight is 180 g/mol. The monoisotopic (exact) mass is 180 g/mol. The standard InChI is InChI=1S/ClH3O5P2/c1-7(2)6-8(3,4)5/h7H,(H2,3,4,5). The first-order valence-corrected chi connectivity index (χ1v) is 5.22. The van der Waals surface area contributed by atoms with E-state index >= 15 is 0 Å². The Hall–Kier alpha value is 0.630. The lowest BCUT2D eigenvalue weighted by molar-refractivity contribution is 0.290. The van der Waals surface area contributed by atoms with E-state index in [0.29, 0.717) is 0 Å². The molecule has 0 heterocycles. The lowest BCUT2D eigenvalue weighted by atomic mass is 15.7. The van der Waals surface area contributed by atoms with E-state index in [1.165, 1.54) is 0 Å². The van der Waals surface area contributed by atoms with Crippen LogP contribution in [0.15, 0.2) is 0 Å². The fourth-order valence-electron chi connectivity index (χ4n) is 0.0935. The van der Waals surface area contributed by atoms with Gasteiger partial charge in [0.2, 0.25) is 0 Å². The van der Waals surface area contributed by atoms with Crippen molar-refractivity contribution in [3.8, 4) is 0 Å². The largest absolute Gasteiger partial charge is 0.475 e. The molecule has 0 aromatic heterocycles. The zero-order valence-corrected chi connectivity index (χ0v) is 6.09. The molecule has 0 aromatic carbocycles. The summed E-state index contributed by atoms with van der Waals surface area (Å²) in [4.78, 5) is 15.6. The van der Waals surface area contributed by atoms with Crippen molar-refractivity contribution in [3.63, 3.8) is 0 Å². The molecule has 0 aliphatic heterocycles. The van der Waals surface area contributed by atoms with E-state index in [4.69, 9.17) is 9.79 Å². The second-order valence-electron chi connectivity index (χ2n) is 0.820. The van der Waals surface area contributed by atoms with Crippen molar-refractivity contribution in [2.24, 2.45) is 0 Å². The van der Waals surface area contributed by atoms with Gasteiger partial charge in [0, 0.05) is 0 Å². The quantitative estimate of drug-likeness (QED) is 0.612. The number of halogens is 1. The third kappa shape index (κ3) is 6.63. The molecule has 0 spiro atoms. The molecule has 0 radical (unpaired) electrons. The molecular weight excluding hydrogens is 177 g/mol. The summed E-state index contributed by atoms with van der Waals surface area (Å²) in [6.07, 6.45) is 0. The van der Waals surface area contributed by atoms with Gasteiger partial charge in [0.15, 0.2) is 0 Å². The molecule has 8 heteroatoms. The number of phosphoric acid groups is 1. The van der Waals surface area contributed by atoms with Crippen LogP contribution in [0.4, 0.5) is 0 Å². The topological polar surface area (TPSA) is 83.8 Å². The third-order valence-corrected chi connectivity index (χ3v) is 2.34. The molecule has 0 aliphatic carbocycles. The predicted octanol–water partition coefficient (Wildman–Crippen LogP) is 0.724. The van der Waals surface area contributed by atoms with E-state index in [1.54, 1.807) is 0 Å². The number of hydrogen-bond donors (Lipinski definition) is 2. The van der Waals surface area contributed by atoms with Crippen molar-refractivity contribution in [2.75, 3.05) is 0 Å². The van der Waals surface area contributed by atoms with Gasteiger partial charge in [-0.1, -0.05) is 0 Å². The second-order valence-corrected chi connectivity index (χ2v) is 3.93. The Kier molecular flexibility index (Phi) is 3.20. The highest BCUT2D eigenvalue weighted by Gasteiger charge is 2.15. The molecule has 0 amide bonds. The predicted molar refractivity (Wildman–Crippen MR) is 28.0 cm³/mol. The van der Waals surface area contributed by atoms with Gasteiger partial charge in [0.1, 0.15) is 0 Å². The molecule has 2 N–H and O–H groups in total. The van der Waals surface area contributed by atoms with E-state index in [2.05, 4.69) is 15.6 Å². The van der Waals surface area contributed by atoms with Gasteiger partial charge >= 0.3 is 7.82 Å². The minimum atomic E-state index is -4.62. The van der Waals surface area contributed by atoms with Crippen molar-refractivity contribution >= 4 is 26.4 Å². The first-order valence-electron chi connectivity index (χ1n) is 1.36. The van der Waals surface area contributed by atoms with Gasteiger partial charge in [-0.05, 0) is 11.2 Å². The summed E-state index contributed by atoms with van der Waals surface area (Å²) in [5.41, 5.74) is 0. The maximum absolute atomic E-state index is 9.70. The van der Waals surface area contributed by atoms with Crippen LogP contribution in [-0.4, -0.2) is 9.79 Å². The molecular formula is H3ClO5P2. The minimum absolute atomic E-state index is 3.03. The van der Waals surface area contributed by atoms with Crippen LogP contribution in [0.2, 0.25) is 0 Å². The summed E-state index contributed by atoms with van der Waals surface area (Å²) in [6, 6.07) is 0. The second kappa shape index (κ2) is 2.97. The molecule has 0 aliphatic rings. The van der Waals surface area contributed by atoms with Gasteiger partial charge < -0.3 is 9.79 Å². The van der Waals surface area contributed by atoms with E-state index in [0.717, 1.165) is 0 Å². The molecule has 0 saturated heterocycles. The Labute approximate surface area is 50.5 Å². The molecule has 0 fully saturated rings. The molecule has 0 aromatic rings. The molecule has 8 heavy (non-hydrogen) atoms. The van der Waals surface area contributed by atoms with Crippen LogP contribution < -0.4 is 0 Å². The number of hydrogen-bond acceptors (Lipinski definition) is 3. The Morgan fingerprint density at radius 2 is 2.00 bits per heavy atom. The van der Waals surface area contributed by atoms with Crippen molar-refractivity contribution < 1.29 is 23.2 Å². The fraction of sp³-hybridized carbons (Fsp3) is 0. The van der Waals surface area contributed by atoms with Gasteiger partial charge in [0.05, 0.1) is 0 Å². The average Bonchev–Trinajstić information content (AvgIpc) is 1.21. The summed E-state index contributed by atoms with van der Waals surface area (Å²) >= 11 is 4.59. The maximum Gasteiger partial charge on any atom is 0.475 e. The Balaban J connectivity index is 3.74. The lowest BCUT2D eigenvalue weighted by Gasteiger charge is -1.96. The zero-order chi connectivity index (χ0) is 6.78. The van der Waals surface area contributed by atoms with Crippen LogP contribution in [-0.2, 0) is 13.4 Å². The van der Waals surface area contributed by atoms with Crippen molar-refractivity contribution in [2.45, 2.75) is 0 Å². The Morgan fingerprint density at radius 1 is 1.62 bits per heavy atom. The molecule has 0 rings (SSSR count). The van der Waals surface area contributed by atoms with Gasteiger partial charge in [0.25, 0.3) is 7.38 Å². The van der Waals surface area contributed by atoms with Crippen molar-refractivity contribution in [3.05, 3.63) is 0 Å². The first kappa shape index (κ1) is 8.63. The van der Waals surface area contributed by atoms with E-state index < -0.39 is 15.2 Å². The van der Waals surface area contributed by atoms with Gasteiger partial charge in [-0.15, -0.1) is 0 Å². The molecule has 1 unspecified atom stereocenters. The van der Waals surface area contributed by atoms with E-state index in [1.807, 2.05) is 0 Å². The van der Waals surface area contributed by atoms with Crippen molar-refractivity contribution in [1.29, 1.82) is 0 Å². The highest BCUT2D eigenvalue weighted by Crippen LogP contribution is 2.49. The minimum Gasteiger partial charge on any atom is -0.302 e. The zero-order valence-electron chi connectivity index (χ0n) is 3.44. The van der Waals surface area contributed by atoms with E-state index in [-0.39, 0.29) is 0 Å². The summed E-state index contributed by atoms with van der Waals surface area (Å²) < 4.78 is 22.8. The first-order chi connectivity index (χ1) is 3.42. The Bertz CT molecular complexity index is 133. The number of rotatable bonds is 2. The summed E-state index contributed by atoms with van der Waals surface area (Å²) in [7, 11) is -7.65. The van der Waals surface area contributed by atoms with Gasteiger partial charge in [-0.25, -0.2) is 8.88 Å². The molecule has 0 saturated carbocycles. The smallest absolute Gasteiger partial charge is 0.302 e. The third-order valence-electron chi connectivity index (χ3n) is 0.191. The van der Waals surface area contributed by atoms with Gasteiger partial charge in [-0.3, -0.25) is 4.57 Å². The van der Waals surface area contributed by atoms with Crippen LogP contribution in [0.25, 0.3) is 0 Å². The lowest BCUT2D eigenvalue weighted by Crippen LogP contribution is -1.73. The summed E-state index contributed by atoms with van der Waals surface area (Å²) in [6.45, 7) is 0. The maximum atomic E-state index is 9.70. The normalized spacial score (nSPS) is 15.9. The highest BCUT2D eigenvalue weighted by atomic mass is 35.7.